The van der Waals surface area contributed by atoms with Gasteiger partial charge in [-0.2, -0.15) is 0 Å². The Morgan fingerprint density at radius 3 is 2.62 bits per heavy atom. The smallest absolute Gasteiger partial charge is 0.124 e. The fourth-order valence-corrected chi connectivity index (χ4v) is 3.52. The summed E-state index contributed by atoms with van der Waals surface area (Å²) in [6.07, 6.45) is 0. The molecule has 2 rings (SSSR count). The second-order valence-corrected chi connectivity index (χ2v) is 6.52. The Bertz CT molecular complexity index is 502. The van der Waals surface area contributed by atoms with Gasteiger partial charge < -0.3 is 0 Å². The Balaban J connectivity index is 2.45. The topological polar surface area (TPSA) is 12.9 Å². The van der Waals surface area contributed by atoms with Crippen molar-refractivity contribution in [2.75, 3.05) is 0 Å². The van der Waals surface area contributed by atoms with Crippen LogP contribution in [0.15, 0.2) is 28.1 Å². The van der Waals surface area contributed by atoms with E-state index in [4.69, 9.17) is 4.98 Å². The fourth-order valence-electron chi connectivity index (χ4n) is 1.57. The molecule has 1 aromatic heterocycles. The number of nitrogens with zero attached hydrogens (tertiary/aromatic N) is 1. The summed E-state index contributed by atoms with van der Waals surface area (Å²) in [5.41, 5.74) is 3.63. The summed E-state index contributed by atoms with van der Waals surface area (Å²) in [5.74, 6) is 0.462. The van der Waals surface area contributed by atoms with Crippen molar-refractivity contribution in [2.45, 2.75) is 26.7 Å². The van der Waals surface area contributed by atoms with Gasteiger partial charge in [0.2, 0.25) is 0 Å². The number of aromatic nitrogens is 1. The summed E-state index contributed by atoms with van der Waals surface area (Å²) in [5, 5.41) is 1.10. The van der Waals surface area contributed by atoms with Crippen LogP contribution in [0, 0.1) is 6.92 Å². The van der Waals surface area contributed by atoms with Crippen molar-refractivity contribution in [1.29, 1.82) is 0 Å². The van der Waals surface area contributed by atoms with Gasteiger partial charge in [-0.15, -0.1) is 11.3 Å². The minimum atomic E-state index is 0.462. The first kappa shape index (κ1) is 11.8. The molecule has 1 nitrogen and oxygen atoms in total. The summed E-state index contributed by atoms with van der Waals surface area (Å²) in [4.78, 5) is 4.69. The van der Waals surface area contributed by atoms with E-state index in [0.29, 0.717) is 5.92 Å². The summed E-state index contributed by atoms with van der Waals surface area (Å²) < 4.78 is 1.15. The molecule has 2 aromatic rings. The maximum Gasteiger partial charge on any atom is 0.124 e. The van der Waals surface area contributed by atoms with E-state index in [1.807, 2.05) is 0 Å². The van der Waals surface area contributed by atoms with Gasteiger partial charge in [0.05, 0.1) is 9.48 Å². The third kappa shape index (κ3) is 2.36. The van der Waals surface area contributed by atoms with Gasteiger partial charge in [-0.3, -0.25) is 0 Å². The lowest BCUT2D eigenvalue weighted by atomic mass is 10.1. The number of rotatable bonds is 2. The molecule has 0 saturated carbocycles. The molecule has 0 aliphatic rings. The highest BCUT2D eigenvalue weighted by molar-refractivity contribution is 9.11. The number of aryl methyl sites for hydroxylation is 1. The summed E-state index contributed by atoms with van der Waals surface area (Å²) in [6.45, 7) is 6.44. The zero-order valence-corrected chi connectivity index (χ0v) is 12.0. The Hall–Kier alpha value is -0.670. The first-order valence-electron chi connectivity index (χ1n) is 5.31. The number of thiazole rings is 1. The molecule has 16 heavy (non-hydrogen) atoms. The number of benzene rings is 1. The van der Waals surface area contributed by atoms with Crippen LogP contribution in [0.5, 0.6) is 0 Å². The molecule has 0 aliphatic heterocycles. The number of hydrogen-bond donors (Lipinski definition) is 0. The van der Waals surface area contributed by atoms with Crippen LogP contribution in [0.1, 0.15) is 31.0 Å². The summed E-state index contributed by atoms with van der Waals surface area (Å²) in [7, 11) is 0. The minimum absolute atomic E-state index is 0.462. The predicted octanol–water partition coefficient (Wildman–Crippen LogP) is 5.00. The SMILES string of the molecule is Cc1cccc(-c2nc(C(C)C)c(Br)s2)c1. The monoisotopic (exact) mass is 295 g/mol. The maximum atomic E-state index is 4.69. The Morgan fingerprint density at radius 2 is 2.06 bits per heavy atom. The normalized spacial score (nSPS) is 11.1. The molecule has 0 radical (unpaired) electrons. The molecule has 1 aromatic carbocycles. The molecule has 0 fully saturated rings. The van der Waals surface area contributed by atoms with Gasteiger partial charge in [-0.25, -0.2) is 4.98 Å². The predicted molar refractivity (Wildman–Crippen MR) is 74.1 cm³/mol. The van der Waals surface area contributed by atoms with Crippen LogP contribution in [-0.2, 0) is 0 Å². The van der Waals surface area contributed by atoms with E-state index < -0.39 is 0 Å². The van der Waals surface area contributed by atoms with Gasteiger partial charge in [-0.05, 0) is 34.8 Å². The van der Waals surface area contributed by atoms with Crippen LogP contribution < -0.4 is 0 Å². The first-order chi connectivity index (χ1) is 7.58. The van der Waals surface area contributed by atoms with E-state index in [9.17, 15) is 0 Å². The molecule has 3 heteroatoms. The van der Waals surface area contributed by atoms with Gasteiger partial charge in [0.15, 0.2) is 0 Å². The summed E-state index contributed by atoms with van der Waals surface area (Å²) >= 11 is 5.30. The Morgan fingerprint density at radius 1 is 1.31 bits per heavy atom. The third-order valence-corrected chi connectivity index (χ3v) is 4.22. The minimum Gasteiger partial charge on any atom is -0.240 e. The van der Waals surface area contributed by atoms with Crippen LogP contribution in [0.3, 0.4) is 0 Å². The molecule has 0 spiro atoms. The van der Waals surface area contributed by atoms with Gasteiger partial charge in [0, 0.05) is 5.56 Å². The largest absolute Gasteiger partial charge is 0.240 e. The second kappa shape index (κ2) is 4.68. The highest BCUT2D eigenvalue weighted by Crippen LogP contribution is 2.35. The van der Waals surface area contributed by atoms with Gasteiger partial charge >= 0.3 is 0 Å². The molecule has 1 heterocycles. The van der Waals surface area contributed by atoms with E-state index in [-0.39, 0.29) is 0 Å². The first-order valence-corrected chi connectivity index (χ1v) is 6.92. The molecule has 84 valence electrons. The van der Waals surface area contributed by atoms with Crippen molar-refractivity contribution in [3.8, 4) is 10.6 Å². The van der Waals surface area contributed by atoms with Gasteiger partial charge in [0.1, 0.15) is 5.01 Å². The lowest BCUT2D eigenvalue weighted by Gasteiger charge is -1.99. The third-order valence-electron chi connectivity index (χ3n) is 2.42. The molecule has 0 bridgehead atoms. The fraction of sp³-hybridized carbons (Fsp3) is 0.308. The van der Waals surface area contributed by atoms with E-state index in [2.05, 4.69) is 61.0 Å². The molecule has 0 amide bonds. The van der Waals surface area contributed by atoms with E-state index >= 15 is 0 Å². The zero-order chi connectivity index (χ0) is 11.7. The lowest BCUT2D eigenvalue weighted by molar-refractivity contribution is 0.829. The molecule has 0 saturated heterocycles. The standard InChI is InChI=1S/C13H14BrNS/c1-8(2)11-12(14)16-13(15-11)10-6-4-5-9(3)7-10/h4-8H,1-3H3. The van der Waals surface area contributed by atoms with Crippen molar-refractivity contribution >= 4 is 27.3 Å². The van der Waals surface area contributed by atoms with Crippen molar-refractivity contribution in [1.82, 2.24) is 4.98 Å². The van der Waals surface area contributed by atoms with Crippen molar-refractivity contribution in [3.63, 3.8) is 0 Å². The Kier molecular flexibility index (Phi) is 3.45. The zero-order valence-electron chi connectivity index (χ0n) is 9.62. The summed E-state index contributed by atoms with van der Waals surface area (Å²) in [6, 6.07) is 8.47. The van der Waals surface area contributed by atoms with E-state index in [1.54, 1.807) is 11.3 Å². The molecular weight excluding hydrogens is 282 g/mol. The molecule has 0 atom stereocenters. The molecule has 0 N–H and O–H groups in total. The van der Waals surface area contributed by atoms with Crippen LogP contribution in [0.2, 0.25) is 0 Å². The van der Waals surface area contributed by atoms with Crippen LogP contribution in [0.4, 0.5) is 0 Å². The van der Waals surface area contributed by atoms with Gasteiger partial charge in [-0.1, -0.05) is 37.6 Å². The van der Waals surface area contributed by atoms with Crippen LogP contribution in [0.25, 0.3) is 10.6 Å². The lowest BCUT2D eigenvalue weighted by Crippen LogP contribution is -1.88. The number of halogens is 1. The maximum absolute atomic E-state index is 4.69. The Labute approximate surface area is 109 Å². The van der Waals surface area contributed by atoms with E-state index in [0.717, 1.165) is 14.5 Å². The average molecular weight is 296 g/mol. The van der Waals surface area contributed by atoms with Crippen molar-refractivity contribution in [2.24, 2.45) is 0 Å². The molecule has 0 unspecified atom stereocenters. The number of hydrogen-bond acceptors (Lipinski definition) is 2. The highest BCUT2D eigenvalue weighted by atomic mass is 79.9. The van der Waals surface area contributed by atoms with Crippen LogP contribution >= 0.6 is 27.3 Å². The quantitative estimate of drug-likeness (QED) is 0.759. The van der Waals surface area contributed by atoms with Crippen molar-refractivity contribution < 1.29 is 0 Å². The average Bonchev–Trinajstić information content (AvgIpc) is 2.60. The molecule has 0 aliphatic carbocycles. The molecular formula is C13H14BrNS. The van der Waals surface area contributed by atoms with Crippen molar-refractivity contribution in [3.05, 3.63) is 39.3 Å². The highest BCUT2D eigenvalue weighted by Gasteiger charge is 2.13. The second-order valence-electron chi connectivity index (χ2n) is 4.20. The van der Waals surface area contributed by atoms with E-state index in [1.165, 1.54) is 11.1 Å². The van der Waals surface area contributed by atoms with Gasteiger partial charge in [0.25, 0.3) is 0 Å². The van der Waals surface area contributed by atoms with Crippen LogP contribution in [-0.4, -0.2) is 4.98 Å².